The lowest BCUT2D eigenvalue weighted by Gasteiger charge is -2.21. The van der Waals surface area contributed by atoms with Crippen molar-refractivity contribution in [1.29, 1.82) is 0 Å². The van der Waals surface area contributed by atoms with Crippen LogP contribution in [0.4, 0.5) is 8.78 Å². The van der Waals surface area contributed by atoms with Crippen molar-refractivity contribution in [3.05, 3.63) is 35.4 Å². The van der Waals surface area contributed by atoms with Crippen LogP contribution in [0.3, 0.4) is 0 Å². The van der Waals surface area contributed by atoms with Gasteiger partial charge in [0.25, 0.3) is 0 Å². The van der Waals surface area contributed by atoms with Gasteiger partial charge in [0.1, 0.15) is 11.6 Å². The van der Waals surface area contributed by atoms with Crippen molar-refractivity contribution in [1.82, 2.24) is 0 Å². The second-order valence-corrected chi connectivity index (χ2v) is 5.04. The molecule has 4 heteroatoms. The third-order valence-electron chi connectivity index (χ3n) is 2.62. The Morgan fingerprint density at radius 3 is 2.80 bits per heavy atom. The number of halogens is 2. The molecule has 1 nitrogen and oxygen atoms in total. The summed E-state index contributed by atoms with van der Waals surface area (Å²) in [5.74, 6) is 0.382. The number of hydrogen-bond donors (Lipinski definition) is 1. The van der Waals surface area contributed by atoms with E-state index in [2.05, 4.69) is 0 Å². The van der Waals surface area contributed by atoms with E-state index in [-0.39, 0.29) is 6.42 Å². The fraction of sp³-hybridized carbons (Fsp3) is 0.455. The Morgan fingerprint density at radius 1 is 1.40 bits per heavy atom. The third kappa shape index (κ3) is 2.49. The predicted octanol–water partition coefficient (Wildman–Crippen LogP) is 2.38. The van der Waals surface area contributed by atoms with Crippen LogP contribution in [0.5, 0.6) is 0 Å². The highest BCUT2D eigenvalue weighted by Crippen LogP contribution is 2.31. The van der Waals surface area contributed by atoms with Crippen LogP contribution >= 0.6 is 11.8 Å². The van der Waals surface area contributed by atoms with E-state index in [0.717, 1.165) is 11.8 Å². The van der Waals surface area contributed by atoms with Crippen molar-refractivity contribution in [3.8, 4) is 0 Å². The summed E-state index contributed by atoms with van der Waals surface area (Å²) in [4.78, 5) is 0. The lowest BCUT2D eigenvalue weighted by molar-refractivity contribution is 0.0677. The highest BCUT2D eigenvalue weighted by Gasteiger charge is 2.32. The molecule has 82 valence electrons. The molecule has 2 rings (SSSR count). The zero-order valence-corrected chi connectivity index (χ0v) is 8.99. The summed E-state index contributed by atoms with van der Waals surface area (Å²) >= 11 is 1.66. The van der Waals surface area contributed by atoms with Gasteiger partial charge in [-0.2, -0.15) is 11.8 Å². The first-order valence-corrected chi connectivity index (χ1v) is 5.99. The van der Waals surface area contributed by atoms with Gasteiger partial charge in [0, 0.05) is 18.2 Å². The van der Waals surface area contributed by atoms with Crippen molar-refractivity contribution in [2.24, 2.45) is 0 Å². The molecular formula is C11H12F2OS. The normalized spacial score (nSPS) is 25.8. The number of aliphatic hydroxyl groups is 1. The Labute approximate surface area is 91.5 Å². The minimum Gasteiger partial charge on any atom is -0.389 e. The van der Waals surface area contributed by atoms with Gasteiger partial charge in [-0.05, 0) is 23.8 Å². The molecule has 1 atom stereocenters. The fourth-order valence-electron chi connectivity index (χ4n) is 1.76. The molecule has 0 bridgehead atoms. The first-order valence-electron chi connectivity index (χ1n) is 4.83. The Hall–Kier alpha value is -0.610. The molecule has 1 aliphatic heterocycles. The first kappa shape index (κ1) is 10.9. The smallest absolute Gasteiger partial charge is 0.129 e. The molecule has 1 N–H and O–H groups in total. The van der Waals surface area contributed by atoms with Crippen LogP contribution in [-0.4, -0.2) is 22.2 Å². The highest BCUT2D eigenvalue weighted by molar-refractivity contribution is 7.99. The van der Waals surface area contributed by atoms with Crippen molar-refractivity contribution < 1.29 is 13.9 Å². The molecule has 1 heterocycles. The SMILES string of the molecule is OC1(Cc2ccc(F)cc2F)CCSC1. The van der Waals surface area contributed by atoms with Gasteiger partial charge >= 0.3 is 0 Å². The zero-order valence-electron chi connectivity index (χ0n) is 8.17. The Morgan fingerprint density at radius 2 is 2.20 bits per heavy atom. The van der Waals surface area contributed by atoms with Crippen LogP contribution in [0.25, 0.3) is 0 Å². The Bertz CT molecular complexity index is 362. The van der Waals surface area contributed by atoms with Gasteiger partial charge in [-0.15, -0.1) is 0 Å². The molecule has 1 unspecified atom stereocenters. The molecular weight excluding hydrogens is 218 g/mol. The van der Waals surface area contributed by atoms with E-state index in [1.54, 1.807) is 11.8 Å². The standard InChI is InChI=1S/C11H12F2OS/c12-9-2-1-8(10(13)5-9)6-11(14)3-4-15-7-11/h1-2,5,14H,3-4,6-7H2. The minimum absolute atomic E-state index is 0.270. The van der Waals surface area contributed by atoms with Crippen LogP contribution in [0.1, 0.15) is 12.0 Å². The van der Waals surface area contributed by atoms with Crippen molar-refractivity contribution >= 4 is 11.8 Å². The predicted molar refractivity (Wildman–Crippen MR) is 57.0 cm³/mol. The van der Waals surface area contributed by atoms with E-state index >= 15 is 0 Å². The van der Waals surface area contributed by atoms with Crippen molar-refractivity contribution in [2.75, 3.05) is 11.5 Å². The Balaban J connectivity index is 2.16. The van der Waals surface area contributed by atoms with Crippen LogP contribution in [0.15, 0.2) is 18.2 Å². The summed E-state index contributed by atoms with van der Waals surface area (Å²) in [6.07, 6.45) is 0.945. The molecule has 0 amide bonds. The summed E-state index contributed by atoms with van der Waals surface area (Å²) in [7, 11) is 0. The number of hydrogen-bond acceptors (Lipinski definition) is 2. The van der Waals surface area contributed by atoms with Gasteiger partial charge in [0.2, 0.25) is 0 Å². The molecule has 0 saturated carbocycles. The molecule has 0 radical (unpaired) electrons. The monoisotopic (exact) mass is 230 g/mol. The van der Waals surface area contributed by atoms with Gasteiger partial charge in [0.05, 0.1) is 5.60 Å². The van der Waals surface area contributed by atoms with E-state index < -0.39 is 17.2 Å². The Kier molecular flexibility index (Phi) is 2.98. The molecule has 1 fully saturated rings. The molecule has 1 saturated heterocycles. The number of rotatable bonds is 2. The minimum atomic E-state index is -0.816. The summed E-state index contributed by atoms with van der Waals surface area (Å²) in [5, 5.41) is 10.1. The largest absolute Gasteiger partial charge is 0.389 e. The van der Waals surface area contributed by atoms with E-state index in [1.807, 2.05) is 0 Å². The average molecular weight is 230 g/mol. The second kappa shape index (κ2) is 4.10. The van der Waals surface area contributed by atoms with Gasteiger partial charge in [-0.1, -0.05) is 6.07 Å². The van der Waals surface area contributed by atoms with Gasteiger partial charge in [-0.3, -0.25) is 0 Å². The van der Waals surface area contributed by atoms with Gasteiger partial charge in [-0.25, -0.2) is 8.78 Å². The van der Waals surface area contributed by atoms with E-state index in [9.17, 15) is 13.9 Å². The quantitative estimate of drug-likeness (QED) is 0.841. The first-order chi connectivity index (χ1) is 7.09. The van der Waals surface area contributed by atoms with Crippen LogP contribution < -0.4 is 0 Å². The molecule has 15 heavy (non-hydrogen) atoms. The number of benzene rings is 1. The zero-order chi connectivity index (χ0) is 10.9. The van der Waals surface area contributed by atoms with Crippen LogP contribution in [0.2, 0.25) is 0 Å². The summed E-state index contributed by atoms with van der Waals surface area (Å²) < 4.78 is 26.0. The van der Waals surface area contributed by atoms with Crippen molar-refractivity contribution in [3.63, 3.8) is 0 Å². The third-order valence-corrected chi connectivity index (χ3v) is 3.85. The van der Waals surface area contributed by atoms with Crippen LogP contribution in [0, 0.1) is 11.6 Å². The fourth-order valence-corrected chi connectivity index (χ4v) is 3.05. The summed E-state index contributed by atoms with van der Waals surface area (Å²) in [5.41, 5.74) is -0.426. The highest BCUT2D eigenvalue weighted by atomic mass is 32.2. The lowest BCUT2D eigenvalue weighted by atomic mass is 9.94. The molecule has 1 aliphatic rings. The van der Waals surface area contributed by atoms with Crippen LogP contribution in [-0.2, 0) is 6.42 Å². The van der Waals surface area contributed by atoms with Gasteiger partial charge in [0.15, 0.2) is 0 Å². The number of thioether (sulfide) groups is 1. The molecule has 0 aliphatic carbocycles. The van der Waals surface area contributed by atoms with Crippen molar-refractivity contribution in [2.45, 2.75) is 18.4 Å². The summed E-state index contributed by atoms with van der Waals surface area (Å²) in [6.45, 7) is 0. The maximum atomic E-state index is 13.3. The van der Waals surface area contributed by atoms with E-state index in [1.165, 1.54) is 12.1 Å². The van der Waals surface area contributed by atoms with E-state index in [0.29, 0.717) is 17.7 Å². The maximum Gasteiger partial charge on any atom is 0.129 e. The molecule has 1 aromatic carbocycles. The second-order valence-electron chi connectivity index (χ2n) is 3.94. The lowest BCUT2D eigenvalue weighted by Crippen LogP contribution is -2.31. The van der Waals surface area contributed by atoms with E-state index in [4.69, 9.17) is 0 Å². The maximum absolute atomic E-state index is 13.3. The average Bonchev–Trinajstić information content (AvgIpc) is 2.58. The topological polar surface area (TPSA) is 20.2 Å². The summed E-state index contributed by atoms with van der Waals surface area (Å²) in [6, 6.07) is 3.50. The molecule has 0 spiro atoms. The molecule has 1 aromatic rings. The van der Waals surface area contributed by atoms with Gasteiger partial charge < -0.3 is 5.11 Å². The molecule has 0 aromatic heterocycles.